The van der Waals surface area contributed by atoms with Crippen molar-refractivity contribution in [3.05, 3.63) is 23.5 Å². The quantitative estimate of drug-likeness (QED) is 0.637. The monoisotopic (exact) mass is 230 g/mol. The van der Waals surface area contributed by atoms with Gasteiger partial charge in [-0.1, -0.05) is 0 Å². The standard InChI is InChI=1S/C13H14N2O2/c1-7-9(6-14)12(16-3)15-13(2)10(7)8-4-5-17-11(8)13/h4-5,8,10-11H,1-3H3/t8-,10+,11-,13+/m1/s1. The number of rotatable bonds is 0. The lowest BCUT2D eigenvalue weighted by Gasteiger charge is -2.55. The van der Waals surface area contributed by atoms with Gasteiger partial charge < -0.3 is 9.47 Å². The molecule has 3 aliphatic rings. The zero-order valence-corrected chi connectivity index (χ0v) is 10.1. The van der Waals surface area contributed by atoms with Gasteiger partial charge in [-0.05, 0) is 25.5 Å². The number of nitrogens with zero attached hydrogens (tertiary/aromatic N) is 2. The molecular weight excluding hydrogens is 216 g/mol. The van der Waals surface area contributed by atoms with Gasteiger partial charge in [-0.2, -0.15) is 5.26 Å². The fourth-order valence-corrected chi connectivity index (χ4v) is 3.42. The average Bonchev–Trinajstić information content (AvgIpc) is 2.73. The van der Waals surface area contributed by atoms with Crippen LogP contribution in [0.25, 0.3) is 0 Å². The van der Waals surface area contributed by atoms with E-state index in [-0.39, 0.29) is 17.6 Å². The van der Waals surface area contributed by atoms with Crippen molar-refractivity contribution in [2.75, 3.05) is 7.11 Å². The Bertz CT molecular complexity index is 512. The lowest BCUT2D eigenvalue weighted by molar-refractivity contribution is -0.0614. The summed E-state index contributed by atoms with van der Waals surface area (Å²) in [6.07, 6.45) is 3.91. The fourth-order valence-electron chi connectivity index (χ4n) is 3.42. The van der Waals surface area contributed by atoms with Gasteiger partial charge in [0.25, 0.3) is 0 Å². The van der Waals surface area contributed by atoms with E-state index >= 15 is 0 Å². The third-order valence-corrected chi connectivity index (χ3v) is 4.19. The van der Waals surface area contributed by atoms with E-state index in [4.69, 9.17) is 9.47 Å². The Morgan fingerprint density at radius 2 is 2.35 bits per heavy atom. The van der Waals surface area contributed by atoms with E-state index in [0.29, 0.717) is 17.4 Å². The minimum Gasteiger partial charge on any atom is -0.495 e. The van der Waals surface area contributed by atoms with E-state index < -0.39 is 0 Å². The predicted octanol–water partition coefficient (Wildman–Crippen LogP) is 1.80. The lowest BCUT2D eigenvalue weighted by atomic mass is 9.54. The van der Waals surface area contributed by atoms with Gasteiger partial charge in [-0.3, -0.25) is 0 Å². The molecule has 1 aliphatic carbocycles. The van der Waals surface area contributed by atoms with E-state index in [0.717, 1.165) is 5.57 Å². The predicted molar refractivity (Wildman–Crippen MR) is 62.2 cm³/mol. The summed E-state index contributed by atoms with van der Waals surface area (Å²) in [6, 6.07) is 2.20. The molecular formula is C13H14N2O2. The summed E-state index contributed by atoms with van der Waals surface area (Å²) in [5, 5.41) is 9.20. The smallest absolute Gasteiger partial charge is 0.227 e. The van der Waals surface area contributed by atoms with Crippen molar-refractivity contribution in [3.63, 3.8) is 0 Å². The van der Waals surface area contributed by atoms with E-state index in [2.05, 4.69) is 24.1 Å². The first-order chi connectivity index (χ1) is 8.13. The van der Waals surface area contributed by atoms with E-state index in [1.54, 1.807) is 13.4 Å². The minimum absolute atomic E-state index is 0.0906. The summed E-state index contributed by atoms with van der Waals surface area (Å²) in [7, 11) is 1.55. The number of methoxy groups -OCH3 is 1. The van der Waals surface area contributed by atoms with Crippen LogP contribution in [0.4, 0.5) is 0 Å². The second-order valence-electron chi connectivity index (χ2n) is 4.96. The number of hydrogen-bond acceptors (Lipinski definition) is 4. The fraction of sp³-hybridized carbons (Fsp3) is 0.538. The first-order valence-electron chi connectivity index (χ1n) is 5.70. The first-order valence-corrected chi connectivity index (χ1v) is 5.70. The SMILES string of the molecule is COC1=N[C@]2(C)[C@@H]3OC=C[C@@H]3[C@@H]2C(C)=C1C#N. The molecule has 0 amide bonds. The maximum absolute atomic E-state index is 9.20. The van der Waals surface area contributed by atoms with Crippen molar-refractivity contribution in [3.8, 4) is 6.07 Å². The highest BCUT2D eigenvalue weighted by Gasteiger charge is 2.64. The number of aliphatic imine (C=N–C) groups is 1. The maximum Gasteiger partial charge on any atom is 0.227 e. The molecule has 0 spiro atoms. The summed E-state index contributed by atoms with van der Waals surface area (Å²) in [5.41, 5.74) is 1.36. The van der Waals surface area contributed by atoms with Crippen LogP contribution in [-0.4, -0.2) is 24.7 Å². The normalized spacial score (nSPS) is 41.8. The highest BCUT2D eigenvalue weighted by Crippen LogP contribution is 2.57. The van der Waals surface area contributed by atoms with Crippen molar-refractivity contribution >= 4 is 5.90 Å². The molecule has 1 saturated carbocycles. The van der Waals surface area contributed by atoms with Gasteiger partial charge >= 0.3 is 0 Å². The van der Waals surface area contributed by atoms with Crippen LogP contribution in [0.2, 0.25) is 0 Å². The van der Waals surface area contributed by atoms with Gasteiger partial charge in [0.2, 0.25) is 5.90 Å². The molecule has 2 heterocycles. The Morgan fingerprint density at radius 3 is 3.00 bits per heavy atom. The molecule has 17 heavy (non-hydrogen) atoms. The highest BCUT2D eigenvalue weighted by atomic mass is 16.5. The molecule has 0 aromatic carbocycles. The third-order valence-electron chi connectivity index (χ3n) is 4.19. The van der Waals surface area contributed by atoms with Crippen LogP contribution in [-0.2, 0) is 9.47 Å². The first kappa shape index (κ1) is 10.4. The molecule has 4 nitrogen and oxygen atoms in total. The van der Waals surface area contributed by atoms with Crippen molar-refractivity contribution in [2.24, 2.45) is 16.8 Å². The molecule has 88 valence electrons. The Balaban J connectivity index is 2.10. The number of fused-ring (bicyclic) bond motifs is 4. The summed E-state index contributed by atoms with van der Waals surface area (Å²) in [4.78, 5) is 4.59. The molecule has 3 rings (SSSR count). The van der Waals surface area contributed by atoms with Gasteiger partial charge in [-0.25, -0.2) is 4.99 Å². The van der Waals surface area contributed by atoms with E-state index in [9.17, 15) is 5.26 Å². The van der Waals surface area contributed by atoms with Crippen LogP contribution in [0.3, 0.4) is 0 Å². The van der Waals surface area contributed by atoms with Gasteiger partial charge in [0.15, 0.2) is 0 Å². The van der Waals surface area contributed by atoms with Gasteiger partial charge in [0.1, 0.15) is 23.3 Å². The molecule has 2 aliphatic heterocycles. The number of nitriles is 1. The molecule has 0 bridgehead atoms. The Hall–Kier alpha value is -1.76. The average molecular weight is 230 g/mol. The topological polar surface area (TPSA) is 54.6 Å². The minimum atomic E-state index is -0.288. The molecule has 4 heteroatoms. The molecule has 0 unspecified atom stereocenters. The van der Waals surface area contributed by atoms with Gasteiger partial charge in [0, 0.05) is 11.8 Å². The van der Waals surface area contributed by atoms with Gasteiger partial charge in [-0.15, -0.1) is 0 Å². The van der Waals surface area contributed by atoms with Crippen molar-refractivity contribution in [1.29, 1.82) is 5.26 Å². The molecule has 4 atom stereocenters. The Morgan fingerprint density at radius 1 is 1.59 bits per heavy atom. The summed E-state index contributed by atoms with van der Waals surface area (Å²) < 4.78 is 10.8. The number of dihydropyridines is 1. The summed E-state index contributed by atoms with van der Waals surface area (Å²) in [6.45, 7) is 4.07. The van der Waals surface area contributed by atoms with E-state index in [1.165, 1.54) is 0 Å². The molecule has 0 radical (unpaired) electrons. The second-order valence-corrected chi connectivity index (χ2v) is 4.96. The van der Waals surface area contributed by atoms with Crippen LogP contribution >= 0.6 is 0 Å². The zero-order valence-electron chi connectivity index (χ0n) is 10.1. The van der Waals surface area contributed by atoms with Crippen molar-refractivity contribution in [2.45, 2.75) is 25.5 Å². The highest BCUT2D eigenvalue weighted by molar-refractivity contribution is 5.99. The second kappa shape index (κ2) is 3.13. The number of hydrogen-bond donors (Lipinski definition) is 0. The summed E-state index contributed by atoms with van der Waals surface area (Å²) >= 11 is 0. The van der Waals surface area contributed by atoms with Crippen LogP contribution in [0, 0.1) is 23.2 Å². The Labute approximate surface area is 100 Å². The Kier molecular flexibility index (Phi) is 1.91. The largest absolute Gasteiger partial charge is 0.495 e. The van der Waals surface area contributed by atoms with Crippen LogP contribution in [0.1, 0.15) is 13.8 Å². The molecule has 1 fully saturated rings. The molecule has 0 N–H and O–H groups in total. The zero-order chi connectivity index (χ0) is 12.2. The van der Waals surface area contributed by atoms with Crippen LogP contribution in [0.5, 0.6) is 0 Å². The van der Waals surface area contributed by atoms with Gasteiger partial charge in [0.05, 0.1) is 13.4 Å². The van der Waals surface area contributed by atoms with E-state index in [1.807, 2.05) is 6.92 Å². The van der Waals surface area contributed by atoms with Crippen molar-refractivity contribution in [1.82, 2.24) is 0 Å². The van der Waals surface area contributed by atoms with Crippen LogP contribution in [0.15, 0.2) is 28.5 Å². The maximum atomic E-state index is 9.20. The lowest BCUT2D eigenvalue weighted by Crippen LogP contribution is -2.64. The molecule has 0 saturated heterocycles. The third kappa shape index (κ3) is 1.04. The number of ether oxygens (including phenoxy) is 2. The van der Waals surface area contributed by atoms with Crippen LogP contribution < -0.4 is 0 Å². The molecule has 0 aromatic heterocycles. The summed E-state index contributed by atoms with van der Waals surface area (Å²) in [5.74, 6) is 1.06. The molecule has 0 aromatic rings. The van der Waals surface area contributed by atoms with Crippen molar-refractivity contribution < 1.29 is 9.47 Å².